The van der Waals surface area contributed by atoms with E-state index in [1.807, 2.05) is 73.8 Å². The predicted octanol–water partition coefficient (Wildman–Crippen LogP) is 5.60. The molecule has 3 aromatic rings. The third-order valence-electron chi connectivity index (χ3n) is 6.18. The van der Waals surface area contributed by atoms with Gasteiger partial charge in [0.15, 0.2) is 0 Å². The molecule has 1 saturated heterocycles. The zero-order chi connectivity index (χ0) is 22.8. The summed E-state index contributed by atoms with van der Waals surface area (Å²) in [5, 5.41) is 0.697. The monoisotopic (exact) mass is 456 g/mol. The van der Waals surface area contributed by atoms with Crippen molar-refractivity contribution in [2.45, 2.75) is 0 Å². The number of para-hydroxylation sites is 1. The Morgan fingerprint density at radius 2 is 1.55 bits per heavy atom. The molecule has 2 aliphatic rings. The van der Waals surface area contributed by atoms with Gasteiger partial charge in [0.1, 0.15) is 0 Å². The van der Waals surface area contributed by atoms with Crippen LogP contribution in [0.2, 0.25) is 5.02 Å². The van der Waals surface area contributed by atoms with Crippen molar-refractivity contribution in [1.82, 2.24) is 4.90 Å². The molecule has 0 N–H and O–H groups in total. The van der Waals surface area contributed by atoms with Crippen molar-refractivity contribution in [2.75, 3.05) is 38.3 Å². The van der Waals surface area contributed by atoms with Gasteiger partial charge in [0, 0.05) is 36.4 Å². The summed E-state index contributed by atoms with van der Waals surface area (Å²) in [4.78, 5) is 17.6. The number of ether oxygens (including phenoxy) is 1. The minimum Gasteiger partial charge on any atom is -0.378 e. The molecule has 166 valence electrons. The topological polar surface area (TPSA) is 32.8 Å². The van der Waals surface area contributed by atoms with Crippen molar-refractivity contribution in [2.24, 2.45) is 0 Å². The molecule has 1 amide bonds. The normalized spacial score (nSPS) is 17.9. The maximum atomic E-state index is 13.5. The van der Waals surface area contributed by atoms with E-state index in [0.29, 0.717) is 18.2 Å². The molecular weight excluding hydrogens is 432 g/mol. The molecule has 0 saturated carbocycles. The lowest BCUT2D eigenvalue weighted by molar-refractivity contribution is -0.112. The molecular formula is C28H25ClN2O2. The second-order valence-corrected chi connectivity index (χ2v) is 8.61. The quantitative estimate of drug-likeness (QED) is 0.479. The van der Waals surface area contributed by atoms with E-state index < -0.39 is 0 Å². The van der Waals surface area contributed by atoms with Crippen molar-refractivity contribution in [1.29, 1.82) is 0 Å². The van der Waals surface area contributed by atoms with E-state index in [0.717, 1.165) is 52.3 Å². The SMILES string of the molecule is CN1C(=O)/C(=C(\C=C(/c2ccc(Cl)cc2)N2CCOCC2)c2ccccc2)c2ccccc21. The number of halogens is 1. The van der Waals surface area contributed by atoms with Gasteiger partial charge in [-0.15, -0.1) is 0 Å². The molecule has 0 aliphatic carbocycles. The predicted molar refractivity (Wildman–Crippen MR) is 135 cm³/mol. The summed E-state index contributed by atoms with van der Waals surface area (Å²) in [6.07, 6.45) is 2.16. The van der Waals surface area contributed by atoms with Crippen LogP contribution in [0.25, 0.3) is 16.8 Å². The fourth-order valence-electron chi connectivity index (χ4n) is 4.47. The fourth-order valence-corrected chi connectivity index (χ4v) is 4.59. The Balaban J connectivity index is 1.77. The molecule has 3 aromatic carbocycles. The number of morpholine rings is 1. The molecule has 33 heavy (non-hydrogen) atoms. The van der Waals surface area contributed by atoms with Crippen LogP contribution in [0, 0.1) is 0 Å². The lowest BCUT2D eigenvalue weighted by Gasteiger charge is -2.32. The number of carbonyl (C=O) groups excluding carboxylic acids is 1. The summed E-state index contributed by atoms with van der Waals surface area (Å²) < 4.78 is 5.61. The van der Waals surface area contributed by atoms with E-state index in [1.54, 1.807) is 4.90 Å². The number of anilines is 1. The summed E-state index contributed by atoms with van der Waals surface area (Å²) in [5.74, 6) is 0.00346. The molecule has 2 aliphatic heterocycles. The number of nitrogens with zero attached hydrogens (tertiary/aromatic N) is 2. The number of amides is 1. The van der Waals surface area contributed by atoms with Gasteiger partial charge in [-0.05, 0) is 41.0 Å². The van der Waals surface area contributed by atoms with Crippen molar-refractivity contribution in [3.05, 3.63) is 107 Å². The Morgan fingerprint density at radius 1 is 0.879 bits per heavy atom. The van der Waals surface area contributed by atoms with Gasteiger partial charge in [-0.2, -0.15) is 0 Å². The van der Waals surface area contributed by atoms with Crippen LogP contribution in [-0.4, -0.2) is 44.2 Å². The maximum absolute atomic E-state index is 13.5. The van der Waals surface area contributed by atoms with Crippen LogP contribution in [0.5, 0.6) is 0 Å². The van der Waals surface area contributed by atoms with Crippen LogP contribution in [0.4, 0.5) is 5.69 Å². The first-order valence-electron chi connectivity index (χ1n) is 11.1. The van der Waals surface area contributed by atoms with Crippen molar-refractivity contribution >= 4 is 40.0 Å². The van der Waals surface area contributed by atoms with Crippen molar-refractivity contribution in [3.63, 3.8) is 0 Å². The minimum atomic E-state index is 0.00346. The summed E-state index contributed by atoms with van der Waals surface area (Å²) in [5.41, 5.74) is 6.64. The number of fused-ring (bicyclic) bond motifs is 1. The van der Waals surface area contributed by atoms with Gasteiger partial charge in [0.25, 0.3) is 5.91 Å². The first kappa shape index (κ1) is 21.5. The molecule has 0 spiro atoms. The molecule has 0 aromatic heterocycles. The van der Waals surface area contributed by atoms with Crippen LogP contribution >= 0.6 is 11.6 Å². The van der Waals surface area contributed by atoms with Gasteiger partial charge in [0.2, 0.25) is 0 Å². The Morgan fingerprint density at radius 3 is 2.27 bits per heavy atom. The van der Waals surface area contributed by atoms with Crippen molar-refractivity contribution < 1.29 is 9.53 Å². The van der Waals surface area contributed by atoms with E-state index >= 15 is 0 Å². The lowest BCUT2D eigenvalue weighted by Crippen LogP contribution is -2.35. The zero-order valence-electron chi connectivity index (χ0n) is 18.5. The fraction of sp³-hybridized carbons (Fsp3) is 0.179. The molecule has 0 bridgehead atoms. The number of benzene rings is 3. The molecule has 5 rings (SSSR count). The zero-order valence-corrected chi connectivity index (χ0v) is 19.3. The number of hydrogen-bond donors (Lipinski definition) is 0. The molecule has 2 heterocycles. The average Bonchev–Trinajstić information content (AvgIpc) is 3.12. The average molecular weight is 457 g/mol. The molecule has 0 radical (unpaired) electrons. The molecule has 0 atom stereocenters. The van der Waals surface area contributed by atoms with Gasteiger partial charge in [0.05, 0.1) is 24.5 Å². The summed E-state index contributed by atoms with van der Waals surface area (Å²) in [7, 11) is 1.84. The Hall–Kier alpha value is -3.34. The number of likely N-dealkylation sites (N-methyl/N-ethyl adjacent to an activating group) is 1. The van der Waals surface area contributed by atoms with E-state index in [9.17, 15) is 4.79 Å². The smallest absolute Gasteiger partial charge is 0.259 e. The highest BCUT2D eigenvalue weighted by molar-refractivity contribution is 6.38. The Kier molecular flexibility index (Phi) is 6.03. The summed E-state index contributed by atoms with van der Waals surface area (Å²) in [6, 6.07) is 26.0. The number of allylic oxidation sites excluding steroid dienone is 2. The highest BCUT2D eigenvalue weighted by atomic mass is 35.5. The number of carbonyl (C=O) groups is 1. The first-order chi connectivity index (χ1) is 16.1. The summed E-state index contributed by atoms with van der Waals surface area (Å²) >= 11 is 6.19. The van der Waals surface area contributed by atoms with Crippen LogP contribution in [0.15, 0.2) is 84.9 Å². The van der Waals surface area contributed by atoms with Gasteiger partial charge in [-0.1, -0.05) is 72.3 Å². The lowest BCUT2D eigenvalue weighted by atomic mass is 9.93. The molecule has 4 nitrogen and oxygen atoms in total. The van der Waals surface area contributed by atoms with Crippen LogP contribution < -0.4 is 4.90 Å². The number of rotatable bonds is 4. The Bertz CT molecular complexity index is 1230. The van der Waals surface area contributed by atoms with E-state index in [2.05, 4.69) is 23.1 Å². The van der Waals surface area contributed by atoms with Gasteiger partial charge in [-0.25, -0.2) is 0 Å². The maximum Gasteiger partial charge on any atom is 0.259 e. The standard InChI is InChI=1S/C28H25ClN2O2/c1-30-25-10-6-5-9-23(25)27(28(30)32)24(20-7-3-2-4-8-20)19-26(31-15-17-33-18-16-31)21-11-13-22(29)14-12-21/h2-14,19H,15-18H2,1H3/b26-19+,27-24+. The molecule has 0 unspecified atom stereocenters. The minimum absolute atomic E-state index is 0.00346. The molecule has 5 heteroatoms. The summed E-state index contributed by atoms with van der Waals surface area (Å²) in [6.45, 7) is 2.92. The number of hydrogen-bond acceptors (Lipinski definition) is 3. The Labute approximate surface area is 199 Å². The second kappa shape index (κ2) is 9.26. The highest BCUT2D eigenvalue weighted by Gasteiger charge is 2.32. The van der Waals surface area contributed by atoms with Gasteiger partial charge < -0.3 is 14.5 Å². The first-order valence-corrected chi connectivity index (χ1v) is 11.5. The van der Waals surface area contributed by atoms with E-state index in [-0.39, 0.29) is 5.91 Å². The largest absolute Gasteiger partial charge is 0.378 e. The van der Waals surface area contributed by atoms with Crippen LogP contribution in [0.1, 0.15) is 16.7 Å². The van der Waals surface area contributed by atoms with Gasteiger partial charge >= 0.3 is 0 Å². The van der Waals surface area contributed by atoms with Gasteiger partial charge in [-0.3, -0.25) is 4.79 Å². The molecule has 1 fully saturated rings. The van der Waals surface area contributed by atoms with Crippen molar-refractivity contribution in [3.8, 4) is 0 Å². The van der Waals surface area contributed by atoms with Crippen LogP contribution in [0.3, 0.4) is 0 Å². The van der Waals surface area contributed by atoms with Crippen LogP contribution in [-0.2, 0) is 9.53 Å². The second-order valence-electron chi connectivity index (χ2n) is 8.17. The van der Waals surface area contributed by atoms with E-state index in [4.69, 9.17) is 16.3 Å². The highest BCUT2D eigenvalue weighted by Crippen LogP contribution is 2.41. The third-order valence-corrected chi connectivity index (χ3v) is 6.43. The van der Waals surface area contributed by atoms with E-state index in [1.165, 1.54) is 0 Å². The third kappa shape index (κ3) is 4.20.